The molecule has 0 aliphatic carbocycles. The molecule has 14 heavy (non-hydrogen) atoms. The van der Waals surface area contributed by atoms with Crippen molar-refractivity contribution in [1.29, 1.82) is 5.26 Å². The third kappa shape index (κ3) is 2.26. The summed E-state index contributed by atoms with van der Waals surface area (Å²) in [5.41, 5.74) is 0. The first kappa shape index (κ1) is 9.95. The highest BCUT2D eigenvalue weighted by Crippen LogP contribution is 2.22. The minimum absolute atomic E-state index is 0.297. The zero-order valence-corrected chi connectivity index (χ0v) is 8.71. The third-order valence-electron chi connectivity index (χ3n) is 3.46. The van der Waals surface area contributed by atoms with Gasteiger partial charge in [-0.15, -0.1) is 0 Å². The second-order valence-corrected chi connectivity index (χ2v) is 4.44. The Hall–Kier alpha value is -0.590. The minimum Gasteiger partial charge on any atom is -0.317 e. The normalized spacial score (nSPS) is 35.1. The summed E-state index contributed by atoms with van der Waals surface area (Å²) >= 11 is 0. The van der Waals surface area contributed by atoms with Gasteiger partial charge in [-0.3, -0.25) is 4.90 Å². The summed E-state index contributed by atoms with van der Waals surface area (Å²) in [6.45, 7) is 4.48. The Morgan fingerprint density at radius 3 is 2.93 bits per heavy atom. The van der Waals surface area contributed by atoms with Crippen molar-refractivity contribution >= 4 is 0 Å². The van der Waals surface area contributed by atoms with Crippen molar-refractivity contribution in [3.63, 3.8) is 0 Å². The minimum atomic E-state index is 0.297. The van der Waals surface area contributed by atoms with Gasteiger partial charge in [0, 0.05) is 12.6 Å². The predicted octanol–water partition coefficient (Wildman–Crippen LogP) is 0.974. The molecular weight excluding hydrogens is 174 g/mol. The molecule has 2 fully saturated rings. The molecule has 2 rings (SSSR count). The van der Waals surface area contributed by atoms with E-state index in [1.54, 1.807) is 0 Å². The highest BCUT2D eigenvalue weighted by Gasteiger charge is 2.28. The standard InChI is InChI=1S/C11H19N3/c12-8-10-4-7-14(9-10)11-2-1-5-13-6-3-11/h10-11,13H,1-7,9H2. The summed E-state index contributed by atoms with van der Waals surface area (Å²) < 4.78 is 0. The maximum absolute atomic E-state index is 8.85. The predicted molar refractivity (Wildman–Crippen MR) is 55.8 cm³/mol. The van der Waals surface area contributed by atoms with Gasteiger partial charge in [0.25, 0.3) is 0 Å². The fraction of sp³-hybridized carbons (Fsp3) is 0.909. The number of nitriles is 1. The van der Waals surface area contributed by atoms with Crippen LogP contribution in [0.25, 0.3) is 0 Å². The molecule has 0 aromatic carbocycles. The molecule has 0 saturated carbocycles. The Morgan fingerprint density at radius 1 is 1.21 bits per heavy atom. The molecule has 2 aliphatic rings. The lowest BCUT2D eigenvalue weighted by molar-refractivity contribution is 0.221. The number of hydrogen-bond acceptors (Lipinski definition) is 3. The van der Waals surface area contributed by atoms with Crippen LogP contribution >= 0.6 is 0 Å². The molecule has 2 unspecified atom stereocenters. The number of likely N-dealkylation sites (tertiary alicyclic amines) is 1. The van der Waals surface area contributed by atoms with E-state index in [0.29, 0.717) is 5.92 Å². The number of hydrogen-bond donors (Lipinski definition) is 1. The van der Waals surface area contributed by atoms with E-state index in [-0.39, 0.29) is 0 Å². The number of nitrogens with one attached hydrogen (secondary N) is 1. The molecule has 3 nitrogen and oxygen atoms in total. The molecule has 3 heteroatoms. The summed E-state index contributed by atoms with van der Waals surface area (Å²) in [5.74, 6) is 0.297. The molecule has 1 N–H and O–H groups in total. The van der Waals surface area contributed by atoms with Crippen molar-refractivity contribution in [1.82, 2.24) is 10.2 Å². The molecule has 0 amide bonds. The van der Waals surface area contributed by atoms with Crippen LogP contribution in [-0.2, 0) is 0 Å². The highest BCUT2D eigenvalue weighted by molar-refractivity contribution is 4.93. The Bertz CT molecular complexity index is 213. The fourth-order valence-corrected chi connectivity index (χ4v) is 2.59. The van der Waals surface area contributed by atoms with Crippen LogP contribution in [0.1, 0.15) is 25.7 Å². The summed E-state index contributed by atoms with van der Waals surface area (Å²) in [4.78, 5) is 2.53. The van der Waals surface area contributed by atoms with E-state index in [2.05, 4.69) is 16.3 Å². The smallest absolute Gasteiger partial charge is 0.0669 e. The van der Waals surface area contributed by atoms with Crippen LogP contribution in [0, 0.1) is 17.2 Å². The molecule has 0 spiro atoms. The molecule has 2 saturated heterocycles. The zero-order chi connectivity index (χ0) is 9.80. The Morgan fingerprint density at radius 2 is 2.14 bits per heavy atom. The molecular formula is C11H19N3. The van der Waals surface area contributed by atoms with E-state index in [4.69, 9.17) is 5.26 Å². The Kier molecular flexibility index (Phi) is 3.39. The highest BCUT2D eigenvalue weighted by atomic mass is 15.2. The Balaban J connectivity index is 1.85. The maximum Gasteiger partial charge on any atom is 0.0669 e. The average Bonchev–Trinajstić information content (AvgIpc) is 2.53. The molecule has 0 aromatic rings. The first-order valence-corrected chi connectivity index (χ1v) is 5.74. The molecule has 0 bridgehead atoms. The molecule has 2 aliphatic heterocycles. The van der Waals surface area contributed by atoms with Crippen molar-refractivity contribution in [2.75, 3.05) is 26.2 Å². The fourth-order valence-electron chi connectivity index (χ4n) is 2.59. The maximum atomic E-state index is 8.85. The summed E-state index contributed by atoms with van der Waals surface area (Å²) in [6.07, 6.45) is 4.95. The van der Waals surface area contributed by atoms with Crippen LogP contribution in [0.3, 0.4) is 0 Å². The SMILES string of the molecule is N#CC1CCN(C2CCCNCC2)C1. The Labute approximate surface area is 86.1 Å². The average molecular weight is 193 g/mol. The van der Waals surface area contributed by atoms with Gasteiger partial charge in [0.1, 0.15) is 0 Å². The van der Waals surface area contributed by atoms with Crippen LogP contribution in [0.5, 0.6) is 0 Å². The van der Waals surface area contributed by atoms with Crippen molar-refractivity contribution in [3.8, 4) is 6.07 Å². The van der Waals surface area contributed by atoms with Gasteiger partial charge in [-0.1, -0.05) is 0 Å². The van der Waals surface area contributed by atoms with Gasteiger partial charge < -0.3 is 5.32 Å². The second kappa shape index (κ2) is 4.77. The van der Waals surface area contributed by atoms with Gasteiger partial charge in [0.05, 0.1) is 12.0 Å². The van der Waals surface area contributed by atoms with Crippen LogP contribution in [-0.4, -0.2) is 37.1 Å². The van der Waals surface area contributed by atoms with Gasteiger partial charge in [0.2, 0.25) is 0 Å². The summed E-state index contributed by atoms with van der Waals surface area (Å²) in [5, 5.41) is 12.3. The van der Waals surface area contributed by atoms with Crippen LogP contribution in [0.2, 0.25) is 0 Å². The van der Waals surface area contributed by atoms with E-state index in [0.717, 1.165) is 32.1 Å². The quantitative estimate of drug-likeness (QED) is 0.674. The molecule has 78 valence electrons. The topological polar surface area (TPSA) is 39.1 Å². The molecule has 2 heterocycles. The summed E-state index contributed by atoms with van der Waals surface area (Å²) in [6, 6.07) is 3.13. The van der Waals surface area contributed by atoms with E-state index in [1.807, 2.05) is 0 Å². The lowest BCUT2D eigenvalue weighted by Crippen LogP contribution is -2.33. The first-order chi connectivity index (χ1) is 6.90. The van der Waals surface area contributed by atoms with E-state index >= 15 is 0 Å². The van der Waals surface area contributed by atoms with Crippen molar-refractivity contribution in [2.45, 2.75) is 31.7 Å². The van der Waals surface area contributed by atoms with E-state index < -0.39 is 0 Å². The van der Waals surface area contributed by atoms with E-state index in [1.165, 1.54) is 25.8 Å². The largest absolute Gasteiger partial charge is 0.317 e. The molecule has 0 aromatic heterocycles. The second-order valence-electron chi connectivity index (χ2n) is 4.44. The van der Waals surface area contributed by atoms with Crippen LogP contribution in [0.15, 0.2) is 0 Å². The van der Waals surface area contributed by atoms with Gasteiger partial charge >= 0.3 is 0 Å². The number of rotatable bonds is 1. The summed E-state index contributed by atoms with van der Waals surface area (Å²) in [7, 11) is 0. The third-order valence-corrected chi connectivity index (χ3v) is 3.46. The van der Waals surface area contributed by atoms with Gasteiger partial charge in [-0.2, -0.15) is 5.26 Å². The van der Waals surface area contributed by atoms with Crippen LogP contribution < -0.4 is 5.32 Å². The van der Waals surface area contributed by atoms with Crippen molar-refractivity contribution in [3.05, 3.63) is 0 Å². The monoisotopic (exact) mass is 193 g/mol. The van der Waals surface area contributed by atoms with Gasteiger partial charge in [0.15, 0.2) is 0 Å². The van der Waals surface area contributed by atoms with Crippen LogP contribution in [0.4, 0.5) is 0 Å². The van der Waals surface area contributed by atoms with Crippen molar-refractivity contribution in [2.24, 2.45) is 5.92 Å². The van der Waals surface area contributed by atoms with Gasteiger partial charge in [-0.25, -0.2) is 0 Å². The zero-order valence-electron chi connectivity index (χ0n) is 8.71. The van der Waals surface area contributed by atoms with E-state index in [9.17, 15) is 0 Å². The molecule has 0 radical (unpaired) electrons. The van der Waals surface area contributed by atoms with Crippen molar-refractivity contribution < 1.29 is 0 Å². The van der Waals surface area contributed by atoms with Gasteiger partial charge in [-0.05, 0) is 45.3 Å². The first-order valence-electron chi connectivity index (χ1n) is 5.74. The lowest BCUT2D eigenvalue weighted by atomic mass is 10.1. The lowest BCUT2D eigenvalue weighted by Gasteiger charge is -2.25. The molecule has 2 atom stereocenters. The number of nitrogens with zero attached hydrogens (tertiary/aromatic N) is 2.